The van der Waals surface area contributed by atoms with Crippen molar-refractivity contribution in [3.63, 3.8) is 0 Å². The van der Waals surface area contributed by atoms with Gasteiger partial charge in [-0.3, -0.25) is 4.79 Å². The van der Waals surface area contributed by atoms with Gasteiger partial charge in [-0.05, 0) is 49.4 Å². The molecule has 0 bridgehead atoms. The van der Waals surface area contributed by atoms with Crippen LogP contribution < -0.4 is 5.32 Å². The zero-order valence-electron chi connectivity index (χ0n) is 18.3. The van der Waals surface area contributed by atoms with Crippen molar-refractivity contribution in [2.45, 2.75) is 30.1 Å². The van der Waals surface area contributed by atoms with E-state index in [1.807, 2.05) is 0 Å². The van der Waals surface area contributed by atoms with Crippen LogP contribution in [0.3, 0.4) is 0 Å². The minimum atomic E-state index is -3.61. The number of piperazine rings is 1. The van der Waals surface area contributed by atoms with Crippen molar-refractivity contribution in [2.75, 3.05) is 43.8 Å². The molecule has 1 saturated heterocycles. The van der Waals surface area contributed by atoms with Crippen LogP contribution in [0.1, 0.15) is 30.6 Å². The molecular weight excluding hydrogens is 450 g/mol. The molecule has 0 atom stereocenters. The zero-order valence-corrected chi connectivity index (χ0v) is 20.0. The quantitative estimate of drug-likeness (QED) is 0.624. The van der Waals surface area contributed by atoms with Crippen molar-refractivity contribution in [2.24, 2.45) is 0 Å². The molecule has 0 unspecified atom stereocenters. The predicted octanol–water partition coefficient (Wildman–Crippen LogP) is 2.45. The van der Waals surface area contributed by atoms with Crippen LogP contribution in [0.2, 0.25) is 0 Å². The lowest BCUT2D eigenvalue weighted by molar-refractivity contribution is 0.102. The van der Waals surface area contributed by atoms with Crippen molar-refractivity contribution in [3.8, 4) is 0 Å². The van der Waals surface area contributed by atoms with Gasteiger partial charge in [0.2, 0.25) is 10.0 Å². The van der Waals surface area contributed by atoms with E-state index >= 15 is 0 Å². The molecule has 2 aromatic carbocycles. The number of amides is 1. The highest BCUT2D eigenvalue weighted by Crippen LogP contribution is 2.22. The number of nitrogens with zero attached hydrogens (tertiary/aromatic N) is 2. The van der Waals surface area contributed by atoms with Crippen molar-refractivity contribution in [1.29, 1.82) is 0 Å². The first kappa shape index (κ1) is 24.4. The number of carbonyl (C=O) groups excluding carboxylic acids is 1. The number of sulfonamides is 1. The topological polar surface area (TPSA) is 104 Å². The van der Waals surface area contributed by atoms with Crippen LogP contribution in [0.15, 0.2) is 58.3 Å². The number of benzene rings is 2. The molecule has 1 aliphatic rings. The van der Waals surface area contributed by atoms with E-state index in [1.54, 1.807) is 19.1 Å². The van der Waals surface area contributed by atoms with Crippen molar-refractivity contribution < 1.29 is 21.6 Å². The van der Waals surface area contributed by atoms with Crippen LogP contribution in [0, 0.1) is 0 Å². The molecular formula is C22H29N3O5S2. The summed E-state index contributed by atoms with van der Waals surface area (Å²) in [7, 11) is -7.18. The second kappa shape index (κ2) is 10.1. The van der Waals surface area contributed by atoms with Crippen LogP contribution in [0.5, 0.6) is 0 Å². The van der Waals surface area contributed by atoms with Gasteiger partial charge in [0.05, 0.1) is 21.1 Å². The Morgan fingerprint density at radius 1 is 0.906 bits per heavy atom. The molecule has 0 aliphatic carbocycles. The lowest BCUT2D eigenvalue weighted by Crippen LogP contribution is -2.48. The Bertz CT molecular complexity index is 1150. The van der Waals surface area contributed by atoms with Crippen LogP contribution in [-0.2, 0) is 19.9 Å². The Labute approximate surface area is 190 Å². The molecule has 2 aromatic rings. The van der Waals surface area contributed by atoms with Gasteiger partial charge in [-0.15, -0.1) is 0 Å². The average Bonchev–Trinajstić information content (AvgIpc) is 2.79. The molecule has 1 N–H and O–H groups in total. The molecule has 8 nitrogen and oxygen atoms in total. The standard InChI is InChI=1S/C22H29N3O5S2/c1-3-17-31(27,28)21-8-6-5-7-20(21)22(26)23-18-9-11-19(12-10-18)32(29,30)25-15-13-24(4-2)14-16-25/h5-12H,3-4,13-17H2,1-2H3,(H,23,26). The van der Waals surface area contributed by atoms with E-state index < -0.39 is 25.8 Å². The van der Waals surface area contributed by atoms with Gasteiger partial charge >= 0.3 is 0 Å². The van der Waals surface area contributed by atoms with E-state index in [0.717, 1.165) is 6.54 Å². The Balaban J connectivity index is 1.75. The van der Waals surface area contributed by atoms with Crippen LogP contribution in [0.4, 0.5) is 5.69 Å². The van der Waals surface area contributed by atoms with Gasteiger partial charge in [-0.25, -0.2) is 16.8 Å². The number of hydrogen-bond acceptors (Lipinski definition) is 6. The first-order chi connectivity index (χ1) is 15.2. The summed E-state index contributed by atoms with van der Waals surface area (Å²) < 4.78 is 52.3. The third kappa shape index (κ3) is 5.37. The van der Waals surface area contributed by atoms with E-state index in [1.165, 1.54) is 40.7 Å². The molecule has 0 saturated carbocycles. The Morgan fingerprint density at radius 3 is 2.12 bits per heavy atom. The molecule has 1 heterocycles. The van der Waals surface area contributed by atoms with Crippen LogP contribution >= 0.6 is 0 Å². The fraction of sp³-hybridized carbons (Fsp3) is 0.409. The summed E-state index contributed by atoms with van der Waals surface area (Å²) >= 11 is 0. The second-order valence-corrected chi connectivity index (χ2v) is 11.6. The number of carbonyl (C=O) groups is 1. The molecule has 3 rings (SSSR count). The minimum absolute atomic E-state index is 0.00947. The normalized spacial score (nSPS) is 16.1. The third-order valence-electron chi connectivity index (χ3n) is 5.47. The Hall–Kier alpha value is -2.27. The lowest BCUT2D eigenvalue weighted by Gasteiger charge is -2.33. The van der Waals surface area contributed by atoms with E-state index in [0.29, 0.717) is 38.3 Å². The monoisotopic (exact) mass is 479 g/mol. The first-order valence-electron chi connectivity index (χ1n) is 10.6. The Morgan fingerprint density at radius 2 is 1.53 bits per heavy atom. The first-order valence-corrected chi connectivity index (χ1v) is 13.7. The maximum absolute atomic E-state index is 12.9. The maximum atomic E-state index is 12.9. The van der Waals surface area contributed by atoms with E-state index in [2.05, 4.69) is 17.1 Å². The van der Waals surface area contributed by atoms with Crippen molar-refractivity contribution >= 4 is 31.5 Å². The van der Waals surface area contributed by atoms with Gasteiger partial charge in [-0.1, -0.05) is 26.0 Å². The molecule has 1 amide bonds. The average molecular weight is 480 g/mol. The second-order valence-electron chi connectivity index (χ2n) is 7.63. The number of nitrogens with one attached hydrogen (secondary N) is 1. The van der Waals surface area contributed by atoms with Gasteiger partial charge < -0.3 is 10.2 Å². The highest BCUT2D eigenvalue weighted by atomic mass is 32.2. The molecule has 0 spiro atoms. The van der Waals surface area contributed by atoms with E-state index in [4.69, 9.17) is 0 Å². The van der Waals surface area contributed by atoms with Crippen LogP contribution in [-0.4, -0.2) is 70.4 Å². The van der Waals surface area contributed by atoms with E-state index in [9.17, 15) is 21.6 Å². The highest BCUT2D eigenvalue weighted by Gasteiger charge is 2.28. The molecule has 174 valence electrons. The predicted molar refractivity (Wildman–Crippen MR) is 124 cm³/mol. The van der Waals surface area contributed by atoms with Crippen LogP contribution in [0.25, 0.3) is 0 Å². The molecule has 32 heavy (non-hydrogen) atoms. The van der Waals surface area contributed by atoms with E-state index in [-0.39, 0.29) is 21.1 Å². The number of rotatable bonds is 8. The highest BCUT2D eigenvalue weighted by molar-refractivity contribution is 7.91. The minimum Gasteiger partial charge on any atom is -0.322 e. The number of likely N-dealkylation sites (N-methyl/N-ethyl adjacent to an activating group) is 1. The van der Waals surface area contributed by atoms with Gasteiger partial charge in [0, 0.05) is 31.9 Å². The number of sulfone groups is 1. The summed E-state index contributed by atoms with van der Waals surface area (Å²) in [6, 6.07) is 12.0. The summed E-state index contributed by atoms with van der Waals surface area (Å²) in [6.45, 7) is 6.99. The third-order valence-corrected chi connectivity index (χ3v) is 9.35. The maximum Gasteiger partial charge on any atom is 0.256 e. The summed E-state index contributed by atoms with van der Waals surface area (Å²) in [6.07, 6.45) is 0.446. The molecule has 1 aliphatic heterocycles. The van der Waals surface area contributed by atoms with Gasteiger partial charge in [-0.2, -0.15) is 4.31 Å². The zero-order chi connectivity index (χ0) is 23.4. The van der Waals surface area contributed by atoms with Crippen molar-refractivity contribution in [3.05, 3.63) is 54.1 Å². The largest absolute Gasteiger partial charge is 0.322 e. The number of hydrogen-bond donors (Lipinski definition) is 1. The smallest absolute Gasteiger partial charge is 0.256 e. The van der Waals surface area contributed by atoms with Gasteiger partial charge in [0.25, 0.3) is 5.91 Å². The van der Waals surface area contributed by atoms with Gasteiger partial charge in [0.15, 0.2) is 9.84 Å². The Kier molecular flexibility index (Phi) is 7.71. The summed E-state index contributed by atoms with van der Waals surface area (Å²) in [4.78, 5) is 15.1. The lowest BCUT2D eigenvalue weighted by atomic mass is 10.2. The summed E-state index contributed by atoms with van der Waals surface area (Å²) in [5, 5.41) is 2.67. The SMILES string of the molecule is CCCS(=O)(=O)c1ccccc1C(=O)Nc1ccc(S(=O)(=O)N2CCN(CC)CC2)cc1. The molecule has 0 aromatic heterocycles. The number of anilines is 1. The summed E-state index contributed by atoms with van der Waals surface area (Å²) in [5.74, 6) is -0.609. The molecule has 0 radical (unpaired) electrons. The van der Waals surface area contributed by atoms with Crippen molar-refractivity contribution in [1.82, 2.24) is 9.21 Å². The fourth-order valence-corrected chi connectivity index (χ4v) is 6.61. The molecule has 1 fully saturated rings. The summed E-state index contributed by atoms with van der Waals surface area (Å²) in [5.41, 5.74) is 0.443. The fourth-order valence-electron chi connectivity index (χ4n) is 3.65. The van der Waals surface area contributed by atoms with Gasteiger partial charge in [0.1, 0.15) is 0 Å². The molecule has 10 heteroatoms.